The van der Waals surface area contributed by atoms with E-state index < -0.39 is 0 Å². The maximum atomic E-state index is 5.57. The van der Waals surface area contributed by atoms with Crippen molar-refractivity contribution in [2.45, 2.75) is 6.54 Å². The first-order valence-corrected chi connectivity index (χ1v) is 4.59. The molecule has 78 valence electrons. The summed E-state index contributed by atoms with van der Waals surface area (Å²) in [5.41, 5.74) is 7.33. The topological polar surface area (TPSA) is 66.0 Å². The van der Waals surface area contributed by atoms with Gasteiger partial charge in [-0.2, -0.15) is 0 Å². The van der Waals surface area contributed by atoms with Crippen molar-refractivity contribution >= 4 is 0 Å². The Morgan fingerprint density at radius 2 is 2.33 bits per heavy atom. The fourth-order valence-electron chi connectivity index (χ4n) is 1.36. The Morgan fingerprint density at radius 3 is 3.07 bits per heavy atom. The van der Waals surface area contributed by atoms with Crippen LogP contribution in [0.2, 0.25) is 0 Å². The summed E-state index contributed by atoms with van der Waals surface area (Å²) in [6.45, 7) is 0.407. The minimum atomic E-state index is 0.407. The minimum absolute atomic E-state index is 0.407. The van der Waals surface area contributed by atoms with E-state index in [-0.39, 0.29) is 0 Å². The van der Waals surface area contributed by atoms with Gasteiger partial charge in [0.15, 0.2) is 0 Å². The van der Waals surface area contributed by atoms with Crippen LogP contribution in [0.3, 0.4) is 0 Å². The SMILES string of the molecule is COc1cccc(-n2nncc2CN)c1. The number of hydrogen-bond donors (Lipinski definition) is 1. The molecule has 0 aliphatic heterocycles. The summed E-state index contributed by atoms with van der Waals surface area (Å²) >= 11 is 0. The Morgan fingerprint density at radius 1 is 1.47 bits per heavy atom. The molecule has 2 rings (SSSR count). The van der Waals surface area contributed by atoms with Gasteiger partial charge in [0.1, 0.15) is 5.75 Å². The molecule has 0 bridgehead atoms. The molecule has 0 aliphatic carbocycles. The minimum Gasteiger partial charge on any atom is -0.497 e. The number of rotatable bonds is 3. The smallest absolute Gasteiger partial charge is 0.121 e. The van der Waals surface area contributed by atoms with Gasteiger partial charge in [0.25, 0.3) is 0 Å². The first kappa shape index (κ1) is 9.67. The van der Waals surface area contributed by atoms with Gasteiger partial charge in [-0.25, -0.2) is 4.68 Å². The molecule has 0 saturated carbocycles. The third-order valence-corrected chi connectivity index (χ3v) is 2.13. The summed E-state index contributed by atoms with van der Waals surface area (Å²) in [5, 5.41) is 7.78. The van der Waals surface area contributed by atoms with Crippen LogP contribution in [0, 0.1) is 0 Å². The zero-order chi connectivity index (χ0) is 10.7. The molecule has 15 heavy (non-hydrogen) atoms. The van der Waals surface area contributed by atoms with E-state index in [0.29, 0.717) is 6.54 Å². The lowest BCUT2D eigenvalue weighted by atomic mass is 10.3. The second-order valence-corrected chi connectivity index (χ2v) is 3.04. The number of methoxy groups -OCH3 is 1. The summed E-state index contributed by atoms with van der Waals surface area (Å²) in [5.74, 6) is 0.783. The van der Waals surface area contributed by atoms with Gasteiger partial charge in [-0.15, -0.1) is 5.10 Å². The molecular weight excluding hydrogens is 192 g/mol. The molecule has 0 unspecified atom stereocenters. The van der Waals surface area contributed by atoms with Crippen molar-refractivity contribution in [1.29, 1.82) is 0 Å². The first-order valence-electron chi connectivity index (χ1n) is 4.59. The summed E-state index contributed by atoms with van der Waals surface area (Å²) in [4.78, 5) is 0. The van der Waals surface area contributed by atoms with Gasteiger partial charge in [-0.1, -0.05) is 11.3 Å². The molecule has 0 fully saturated rings. The Kier molecular flexibility index (Phi) is 2.64. The highest BCUT2D eigenvalue weighted by atomic mass is 16.5. The van der Waals surface area contributed by atoms with Crippen LogP contribution < -0.4 is 10.5 Å². The Hall–Kier alpha value is -1.88. The van der Waals surface area contributed by atoms with E-state index in [4.69, 9.17) is 10.5 Å². The monoisotopic (exact) mass is 204 g/mol. The number of benzene rings is 1. The predicted molar refractivity (Wildman–Crippen MR) is 55.8 cm³/mol. The van der Waals surface area contributed by atoms with Crippen molar-refractivity contribution < 1.29 is 4.74 Å². The van der Waals surface area contributed by atoms with Crippen LogP contribution in [-0.2, 0) is 6.54 Å². The van der Waals surface area contributed by atoms with E-state index in [2.05, 4.69) is 10.3 Å². The number of nitrogens with two attached hydrogens (primary N) is 1. The second kappa shape index (κ2) is 4.10. The summed E-state index contributed by atoms with van der Waals surface area (Å²) in [7, 11) is 1.63. The highest BCUT2D eigenvalue weighted by Crippen LogP contribution is 2.16. The van der Waals surface area contributed by atoms with Crippen LogP contribution in [0.4, 0.5) is 0 Å². The second-order valence-electron chi connectivity index (χ2n) is 3.04. The largest absolute Gasteiger partial charge is 0.497 e. The molecule has 0 saturated heterocycles. The van der Waals surface area contributed by atoms with E-state index >= 15 is 0 Å². The molecule has 2 aromatic rings. The third-order valence-electron chi connectivity index (χ3n) is 2.13. The van der Waals surface area contributed by atoms with Crippen molar-refractivity contribution in [1.82, 2.24) is 15.0 Å². The van der Waals surface area contributed by atoms with Crippen molar-refractivity contribution in [2.24, 2.45) is 5.73 Å². The van der Waals surface area contributed by atoms with Gasteiger partial charge in [-0.05, 0) is 12.1 Å². The van der Waals surface area contributed by atoms with Gasteiger partial charge in [-0.3, -0.25) is 0 Å². The number of nitrogens with zero attached hydrogens (tertiary/aromatic N) is 3. The average molecular weight is 204 g/mol. The summed E-state index contributed by atoms with van der Waals surface area (Å²) in [6, 6.07) is 7.59. The van der Waals surface area contributed by atoms with E-state index in [9.17, 15) is 0 Å². The zero-order valence-electron chi connectivity index (χ0n) is 8.42. The maximum Gasteiger partial charge on any atom is 0.121 e. The molecular formula is C10H12N4O. The Balaban J connectivity index is 2.44. The van der Waals surface area contributed by atoms with Crippen LogP contribution in [-0.4, -0.2) is 22.1 Å². The molecule has 0 aliphatic rings. The van der Waals surface area contributed by atoms with Crippen molar-refractivity contribution in [3.63, 3.8) is 0 Å². The lowest BCUT2D eigenvalue weighted by Gasteiger charge is -2.06. The first-order chi connectivity index (χ1) is 7.35. The molecule has 1 heterocycles. The maximum absolute atomic E-state index is 5.57. The van der Waals surface area contributed by atoms with E-state index in [0.717, 1.165) is 17.1 Å². The van der Waals surface area contributed by atoms with E-state index in [1.165, 1.54) is 0 Å². The van der Waals surface area contributed by atoms with Gasteiger partial charge in [0.2, 0.25) is 0 Å². The fourth-order valence-corrected chi connectivity index (χ4v) is 1.36. The van der Waals surface area contributed by atoms with Gasteiger partial charge in [0, 0.05) is 12.6 Å². The average Bonchev–Trinajstić information content (AvgIpc) is 2.77. The normalized spacial score (nSPS) is 10.3. The van der Waals surface area contributed by atoms with E-state index in [1.54, 1.807) is 18.0 Å². The van der Waals surface area contributed by atoms with Crippen LogP contribution >= 0.6 is 0 Å². The number of hydrogen-bond acceptors (Lipinski definition) is 4. The summed E-state index contributed by atoms with van der Waals surface area (Å²) < 4.78 is 6.83. The van der Waals surface area contributed by atoms with Crippen molar-refractivity contribution in [3.05, 3.63) is 36.2 Å². The molecule has 0 amide bonds. The highest BCUT2D eigenvalue weighted by Gasteiger charge is 2.04. The molecule has 0 spiro atoms. The molecule has 5 nitrogen and oxygen atoms in total. The molecule has 5 heteroatoms. The fraction of sp³-hybridized carbons (Fsp3) is 0.200. The van der Waals surface area contributed by atoms with Crippen LogP contribution in [0.1, 0.15) is 5.69 Å². The number of ether oxygens (including phenoxy) is 1. The lowest BCUT2D eigenvalue weighted by molar-refractivity contribution is 0.414. The van der Waals surface area contributed by atoms with Gasteiger partial charge < -0.3 is 10.5 Å². The third kappa shape index (κ3) is 1.82. The predicted octanol–water partition coefficient (Wildman–Crippen LogP) is 0.735. The van der Waals surface area contributed by atoms with Crippen molar-refractivity contribution in [2.75, 3.05) is 7.11 Å². The van der Waals surface area contributed by atoms with Crippen molar-refractivity contribution in [3.8, 4) is 11.4 Å². The quantitative estimate of drug-likeness (QED) is 0.800. The van der Waals surface area contributed by atoms with E-state index in [1.807, 2.05) is 24.3 Å². The molecule has 1 aromatic carbocycles. The molecule has 0 atom stereocenters. The van der Waals surface area contributed by atoms with Crippen LogP contribution in [0.25, 0.3) is 5.69 Å². The molecule has 1 aromatic heterocycles. The molecule has 0 radical (unpaired) electrons. The van der Waals surface area contributed by atoms with Gasteiger partial charge in [0.05, 0.1) is 24.7 Å². The highest BCUT2D eigenvalue weighted by molar-refractivity contribution is 5.39. The Labute approximate surface area is 87.5 Å². The molecule has 2 N–H and O–H groups in total. The Bertz CT molecular complexity index is 452. The number of aromatic nitrogens is 3. The standard InChI is InChI=1S/C10H12N4O/c1-15-10-4-2-3-8(5-10)14-9(6-11)7-12-13-14/h2-5,7H,6,11H2,1H3. The van der Waals surface area contributed by atoms with Crippen LogP contribution in [0.5, 0.6) is 5.75 Å². The lowest BCUT2D eigenvalue weighted by Crippen LogP contribution is -2.06. The van der Waals surface area contributed by atoms with Crippen LogP contribution in [0.15, 0.2) is 30.5 Å². The summed E-state index contributed by atoms with van der Waals surface area (Å²) in [6.07, 6.45) is 1.65. The zero-order valence-corrected chi connectivity index (χ0v) is 8.42. The van der Waals surface area contributed by atoms with Gasteiger partial charge >= 0.3 is 0 Å².